The first-order valence-electron chi connectivity index (χ1n) is 6.78. The monoisotopic (exact) mass is 260 g/mol. The van der Waals surface area contributed by atoms with E-state index in [0.29, 0.717) is 0 Å². The number of ether oxygens (including phenoxy) is 1. The van der Waals surface area contributed by atoms with E-state index in [-0.39, 0.29) is 11.5 Å². The molecule has 1 atom stereocenters. The molecule has 1 aromatic heterocycles. The maximum Gasteiger partial charge on any atom is 0.213 e. The number of piperidine rings is 1. The molecule has 1 saturated heterocycles. The predicted octanol–water partition coefficient (Wildman–Crippen LogP) is 3.29. The number of rotatable bonds is 2. The molecule has 1 aromatic carbocycles. The lowest BCUT2D eigenvalue weighted by Gasteiger charge is -2.37. The number of hydrogen-bond acceptors (Lipinski definition) is 4. The number of nitrogens with one attached hydrogen (secondary N) is 1. The van der Waals surface area contributed by atoms with Gasteiger partial charge in [0.05, 0.1) is 13.2 Å². The van der Waals surface area contributed by atoms with Crippen LogP contribution in [-0.2, 0) is 0 Å². The molecule has 102 valence electrons. The van der Waals surface area contributed by atoms with Gasteiger partial charge in [0.2, 0.25) is 5.89 Å². The third-order valence-corrected chi connectivity index (χ3v) is 3.99. The van der Waals surface area contributed by atoms with Crippen LogP contribution in [0.1, 0.15) is 38.6 Å². The van der Waals surface area contributed by atoms with E-state index in [1.54, 1.807) is 7.11 Å². The highest BCUT2D eigenvalue weighted by atomic mass is 16.5. The smallest absolute Gasteiger partial charge is 0.213 e. The largest absolute Gasteiger partial charge is 0.497 e. The summed E-state index contributed by atoms with van der Waals surface area (Å²) in [6.45, 7) is 5.55. The van der Waals surface area contributed by atoms with Gasteiger partial charge in [0.25, 0.3) is 0 Å². The van der Waals surface area contributed by atoms with E-state index in [0.717, 1.165) is 29.3 Å². The molecular formula is C15H20N2O2. The number of methoxy groups -OCH3 is 1. The summed E-state index contributed by atoms with van der Waals surface area (Å²) in [4.78, 5) is 4.62. The Morgan fingerprint density at radius 2 is 2.26 bits per heavy atom. The fraction of sp³-hybridized carbons (Fsp3) is 0.533. The van der Waals surface area contributed by atoms with Crippen molar-refractivity contribution >= 4 is 11.1 Å². The Morgan fingerprint density at radius 3 is 3.00 bits per heavy atom. The summed E-state index contributed by atoms with van der Waals surface area (Å²) < 4.78 is 11.1. The lowest BCUT2D eigenvalue weighted by Crippen LogP contribution is -2.39. The Balaban J connectivity index is 2.00. The average molecular weight is 260 g/mol. The SMILES string of the molecule is COc1ccc2nc(C3NCCCC3(C)C)oc2c1. The molecule has 2 aromatic rings. The number of fused-ring (bicyclic) bond motifs is 1. The van der Waals surface area contributed by atoms with Gasteiger partial charge in [-0.3, -0.25) is 0 Å². The van der Waals surface area contributed by atoms with Gasteiger partial charge in [-0.15, -0.1) is 0 Å². The van der Waals surface area contributed by atoms with Crippen LogP contribution in [0.3, 0.4) is 0 Å². The number of hydrogen-bond donors (Lipinski definition) is 1. The second-order valence-corrected chi connectivity index (χ2v) is 5.87. The van der Waals surface area contributed by atoms with E-state index in [4.69, 9.17) is 9.15 Å². The first-order valence-corrected chi connectivity index (χ1v) is 6.78. The molecule has 0 aliphatic carbocycles. The molecule has 0 amide bonds. The summed E-state index contributed by atoms with van der Waals surface area (Å²) >= 11 is 0. The van der Waals surface area contributed by atoms with Gasteiger partial charge >= 0.3 is 0 Å². The highest BCUT2D eigenvalue weighted by Crippen LogP contribution is 2.40. The van der Waals surface area contributed by atoms with Crippen LogP contribution in [0.15, 0.2) is 22.6 Å². The van der Waals surface area contributed by atoms with Crippen molar-refractivity contribution in [2.45, 2.75) is 32.7 Å². The van der Waals surface area contributed by atoms with Crippen LogP contribution in [0.4, 0.5) is 0 Å². The van der Waals surface area contributed by atoms with Crippen LogP contribution < -0.4 is 10.1 Å². The van der Waals surface area contributed by atoms with Crippen LogP contribution in [-0.4, -0.2) is 18.6 Å². The van der Waals surface area contributed by atoms with Crippen LogP contribution in [0, 0.1) is 5.41 Å². The molecule has 2 heterocycles. The van der Waals surface area contributed by atoms with Crippen molar-refractivity contribution in [3.63, 3.8) is 0 Å². The van der Waals surface area contributed by atoms with E-state index >= 15 is 0 Å². The normalized spacial score (nSPS) is 22.6. The highest BCUT2D eigenvalue weighted by Gasteiger charge is 2.36. The summed E-state index contributed by atoms with van der Waals surface area (Å²) in [5.74, 6) is 1.58. The van der Waals surface area contributed by atoms with E-state index < -0.39 is 0 Å². The topological polar surface area (TPSA) is 47.3 Å². The maximum absolute atomic E-state index is 5.93. The Labute approximate surface area is 113 Å². The molecule has 0 bridgehead atoms. The number of oxazole rings is 1. The second-order valence-electron chi connectivity index (χ2n) is 5.87. The van der Waals surface area contributed by atoms with Crippen LogP contribution in [0.25, 0.3) is 11.1 Å². The molecule has 1 N–H and O–H groups in total. The summed E-state index contributed by atoms with van der Waals surface area (Å²) in [5, 5.41) is 3.53. The van der Waals surface area contributed by atoms with Crippen LogP contribution >= 0.6 is 0 Å². The van der Waals surface area contributed by atoms with Gasteiger partial charge in [0, 0.05) is 6.07 Å². The minimum Gasteiger partial charge on any atom is -0.497 e. The molecule has 1 fully saturated rings. The van der Waals surface area contributed by atoms with Gasteiger partial charge in [-0.1, -0.05) is 13.8 Å². The zero-order chi connectivity index (χ0) is 13.5. The third kappa shape index (κ3) is 2.21. The highest BCUT2D eigenvalue weighted by molar-refractivity contribution is 5.74. The van der Waals surface area contributed by atoms with Gasteiger partial charge in [0.1, 0.15) is 11.3 Å². The Morgan fingerprint density at radius 1 is 1.42 bits per heavy atom. The first-order chi connectivity index (χ1) is 9.10. The van der Waals surface area contributed by atoms with Crippen molar-refractivity contribution in [1.82, 2.24) is 10.3 Å². The Hall–Kier alpha value is -1.55. The van der Waals surface area contributed by atoms with Crippen molar-refractivity contribution in [2.24, 2.45) is 5.41 Å². The molecule has 19 heavy (non-hydrogen) atoms. The number of nitrogens with zero attached hydrogens (tertiary/aromatic N) is 1. The molecule has 1 aliphatic rings. The van der Waals surface area contributed by atoms with Gasteiger partial charge in [0.15, 0.2) is 5.58 Å². The predicted molar refractivity (Wildman–Crippen MR) is 74.3 cm³/mol. The Bertz CT molecular complexity index is 589. The molecule has 3 rings (SSSR count). The lowest BCUT2D eigenvalue weighted by atomic mass is 9.77. The van der Waals surface area contributed by atoms with Crippen molar-refractivity contribution in [2.75, 3.05) is 13.7 Å². The summed E-state index contributed by atoms with van der Waals surface area (Å²) in [5.41, 5.74) is 1.85. The quantitative estimate of drug-likeness (QED) is 0.900. The fourth-order valence-corrected chi connectivity index (χ4v) is 2.81. The average Bonchev–Trinajstić information content (AvgIpc) is 2.80. The van der Waals surface area contributed by atoms with E-state index in [1.807, 2.05) is 18.2 Å². The second kappa shape index (κ2) is 4.53. The van der Waals surface area contributed by atoms with E-state index in [1.165, 1.54) is 12.8 Å². The summed E-state index contributed by atoms with van der Waals surface area (Å²) in [6.07, 6.45) is 2.39. The molecule has 0 spiro atoms. The van der Waals surface area contributed by atoms with E-state index in [2.05, 4.69) is 24.1 Å². The molecule has 4 heteroatoms. The van der Waals surface area contributed by atoms with Gasteiger partial charge < -0.3 is 14.5 Å². The van der Waals surface area contributed by atoms with Crippen molar-refractivity contribution < 1.29 is 9.15 Å². The molecule has 1 aliphatic heterocycles. The third-order valence-electron chi connectivity index (χ3n) is 3.99. The molecule has 4 nitrogen and oxygen atoms in total. The van der Waals surface area contributed by atoms with Crippen molar-refractivity contribution in [1.29, 1.82) is 0 Å². The van der Waals surface area contributed by atoms with Crippen molar-refractivity contribution in [3.05, 3.63) is 24.1 Å². The van der Waals surface area contributed by atoms with Gasteiger partial charge in [-0.05, 0) is 36.9 Å². The first kappa shape index (κ1) is 12.5. The van der Waals surface area contributed by atoms with Crippen molar-refractivity contribution in [3.8, 4) is 5.75 Å². The number of aromatic nitrogens is 1. The Kier molecular flexibility index (Phi) is 2.97. The van der Waals surface area contributed by atoms with Gasteiger partial charge in [-0.25, -0.2) is 4.98 Å². The minimum absolute atomic E-state index is 0.170. The van der Waals surface area contributed by atoms with Gasteiger partial charge in [-0.2, -0.15) is 0 Å². The zero-order valence-electron chi connectivity index (χ0n) is 11.7. The standard InChI is InChI=1S/C15H20N2O2/c1-15(2)7-4-8-16-13(15)14-17-11-6-5-10(18-3)9-12(11)19-14/h5-6,9,13,16H,4,7-8H2,1-3H3. The number of benzene rings is 1. The minimum atomic E-state index is 0.170. The zero-order valence-corrected chi connectivity index (χ0v) is 11.7. The fourth-order valence-electron chi connectivity index (χ4n) is 2.81. The molecule has 0 radical (unpaired) electrons. The van der Waals surface area contributed by atoms with Crippen LogP contribution in [0.5, 0.6) is 5.75 Å². The summed E-state index contributed by atoms with van der Waals surface area (Å²) in [6, 6.07) is 5.92. The molecular weight excluding hydrogens is 240 g/mol. The molecule has 1 unspecified atom stereocenters. The maximum atomic E-state index is 5.93. The van der Waals surface area contributed by atoms with E-state index in [9.17, 15) is 0 Å². The lowest BCUT2D eigenvalue weighted by molar-refractivity contribution is 0.157. The molecule has 0 saturated carbocycles. The van der Waals surface area contributed by atoms with Crippen LogP contribution in [0.2, 0.25) is 0 Å². The summed E-state index contributed by atoms with van der Waals surface area (Å²) in [7, 11) is 1.66.